The van der Waals surface area contributed by atoms with Crippen molar-refractivity contribution < 1.29 is 0 Å². The predicted octanol–water partition coefficient (Wildman–Crippen LogP) is 3.40. The molecule has 0 spiro atoms. The molecular formula is C12H27NS7. The summed E-state index contributed by atoms with van der Waals surface area (Å²) in [5, 5.41) is 1.01. The van der Waals surface area contributed by atoms with Crippen molar-refractivity contribution in [1.29, 1.82) is 0 Å². The molecule has 2 unspecified atom stereocenters. The van der Waals surface area contributed by atoms with E-state index in [0.29, 0.717) is 10.5 Å². The summed E-state index contributed by atoms with van der Waals surface area (Å²) < 4.78 is 0. The van der Waals surface area contributed by atoms with Gasteiger partial charge in [-0.05, 0) is 5.75 Å². The largest absolute Gasteiger partial charge is 0.330 e. The fraction of sp³-hybridized carbons (Fsp3) is 1.00. The van der Waals surface area contributed by atoms with Gasteiger partial charge in [0.05, 0.1) is 0 Å². The van der Waals surface area contributed by atoms with Gasteiger partial charge in [0.1, 0.15) is 0 Å². The maximum absolute atomic E-state index is 5.47. The van der Waals surface area contributed by atoms with Crippen LogP contribution in [0.15, 0.2) is 0 Å². The van der Waals surface area contributed by atoms with Crippen molar-refractivity contribution in [1.82, 2.24) is 0 Å². The molecule has 0 aromatic rings. The van der Waals surface area contributed by atoms with Gasteiger partial charge in [-0.25, -0.2) is 0 Å². The van der Waals surface area contributed by atoms with Gasteiger partial charge in [-0.15, -0.1) is 0 Å². The van der Waals surface area contributed by atoms with Crippen LogP contribution in [-0.4, -0.2) is 68.8 Å². The first kappa shape index (κ1) is 22.4. The van der Waals surface area contributed by atoms with Gasteiger partial charge in [0.15, 0.2) is 0 Å². The third kappa shape index (κ3) is 16.8. The van der Waals surface area contributed by atoms with Crippen LogP contribution < -0.4 is 5.73 Å². The molecule has 0 saturated heterocycles. The summed E-state index contributed by atoms with van der Waals surface area (Å²) in [6.45, 7) is 0.770. The van der Waals surface area contributed by atoms with Crippen LogP contribution in [0.1, 0.15) is 0 Å². The van der Waals surface area contributed by atoms with E-state index in [0.717, 1.165) is 46.8 Å². The van der Waals surface area contributed by atoms with Crippen molar-refractivity contribution in [2.75, 3.05) is 58.3 Å². The zero-order chi connectivity index (χ0) is 15.1. The summed E-state index contributed by atoms with van der Waals surface area (Å²) in [6.07, 6.45) is 0. The molecule has 0 saturated carbocycles. The Bertz CT molecular complexity index is 177. The molecule has 0 aliphatic rings. The fourth-order valence-electron chi connectivity index (χ4n) is 1.24. The van der Waals surface area contributed by atoms with E-state index in [2.05, 4.69) is 37.9 Å². The predicted molar refractivity (Wildman–Crippen MR) is 118 cm³/mol. The molecule has 0 aromatic carbocycles. The molecule has 2 N–H and O–H groups in total. The van der Waals surface area contributed by atoms with Gasteiger partial charge >= 0.3 is 0 Å². The molecule has 0 aromatic heterocycles. The van der Waals surface area contributed by atoms with E-state index in [9.17, 15) is 0 Å². The van der Waals surface area contributed by atoms with Crippen molar-refractivity contribution >= 4 is 84.9 Å². The van der Waals surface area contributed by atoms with E-state index in [1.54, 1.807) is 0 Å². The smallest absolute Gasteiger partial charge is 0.0198 e. The van der Waals surface area contributed by atoms with E-state index < -0.39 is 0 Å². The number of hydrogen-bond donors (Lipinski definition) is 4. The number of nitrogens with two attached hydrogens (primary N) is 1. The lowest BCUT2D eigenvalue weighted by Gasteiger charge is -2.11. The fourth-order valence-corrected chi connectivity index (χ4v) is 6.65. The van der Waals surface area contributed by atoms with Crippen molar-refractivity contribution in [3.8, 4) is 0 Å². The average molecular weight is 410 g/mol. The molecule has 122 valence electrons. The van der Waals surface area contributed by atoms with Crippen LogP contribution in [0, 0.1) is 0 Å². The summed E-state index contributed by atoms with van der Waals surface area (Å²) in [6, 6.07) is 0. The molecular weight excluding hydrogens is 383 g/mol. The van der Waals surface area contributed by atoms with Crippen LogP contribution >= 0.6 is 84.9 Å². The standard InChI is InChI=1S/C12H27NS7/c13-1-3-17-7-11(15)9-19-5-6-20-10-12(16)8-18-4-2-14/h11-12,14-16H,1-10,13H2. The van der Waals surface area contributed by atoms with Crippen molar-refractivity contribution in [2.45, 2.75) is 10.5 Å². The molecule has 8 heteroatoms. The highest BCUT2D eigenvalue weighted by atomic mass is 32.2. The Morgan fingerprint density at radius 1 is 0.700 bits per heavy atom. The van der Waals surface area contributed by atoms with Crippen LogP contribution in [0.25, 0.3) is 0 Å². The quantitative estimate of drug-likeness (QED) is 0.246. The Hall–Kier alpha value is 2.41. The van der Waals surface area contributed by atoms with Crippen LogP contribution in [-0.2, 0) is 0 Å². The SMILES string of the molecule is NCCSCC(S)CSCCSCC(S)CSCCS. The van der Waals surface area contributed by atoms with Gasteiger partial charge in [0, 0.05) is 63.1 Å². The van der Waals surface area contributed by atoms with Gasteiger partial charge in [-0.2, -0.15) is 84.9 Å². The Labute approximate surface area is 158 Å². The van der Waals surface area contributed by atoms with Crippen molar-refractivity contribution in [3.63, 3.8) is 0 Å². The zero-order valence-electron chi connectivity index (χ0n) is 11.8. The van der Waals surface area contributed by atoms with Crippen molar-refractivity contribution in [2.24, 2.45) is 5.73 Å². The molecule has 0 fully saturated rings. The number of rotatable bonds is 15. The third-order valence-electron chi connectivity index (χ3n) is 2.11. The normalized spacial score (nSPS) is 14.4. The first-order valence-electron chi connectivity index (χ1n) is 6.68. The van der Waals surface area contributed by atoms with Crippen molar-refractivity contribution in [3.05, 3.63) is 0 Å². The zero-order valence-corrected chi connectivity index (χ0v) is 17.7. The van der Waals surface area contributed by atoms with Crippen LogP contribution in [0.2, 0.25) is 0 Å². The van der Waals surface area contributed by atoms with Gasteiger partial charge in [0.25, 0.3) is 0 Å². The number of hydrogen-bond acceptors (Lipinski definition) is 8. The summed E-state index contributed by atoms with van der Waals surface area (Å²) in [5.74, 6) is 10.1. The monoisotopic (exact) mass is 409 g/mol. The Kier molecular flexibility index (Phi) is 19.9. The molecule has 0 aliphatic carbocycles. The molecule has 0 aliphatic heterocycles. The van der Waals surface area contributed by atoms with Crippen LogP contribution in [0.4, 0.5) is 0 Å². The molecule has 1 nitrogen and oxygen atoms in total. The van der Waals surface area contributed by atoms with E-state index in [1.807, 2.05) is 47.0 Å². The second-order valence-electron chi connectivity index (χ2n) is 4.12. The Balaban J connectivity index is 3.22. The number of thioether (sulfide) groups is 4. The highest BCUT2D eigenvalue weighted by Gasteiger charge is 2.05. The van der Waals surface area contributed by atoms with E-state index >= 15 is 0 Å². The highest BCUT2D eigenvalue weighted by Crippen LogP contribution is 2.17. The minimum absolute atomic E-state index is 0.497. The summed E-state index contributed by atoms with van der Waals surface area (Å²) in [5.41, 5.74) is 5.47. The average Bonchev–Trinajstić information content (AvgIpc) is 2.43. The minimum Gasteiger partial charge on any atom is -0.330 e. The Morgan fingerprint density at radius 3 is 1.50 bits per heavy atom. The lowest BCUT2D eigenvalue weighted by molar-refractivity contribution is 1.12. The summed E-state index contributed by atoms with van der Waals surface area (Å²) >= 11 is 21.3. The molecule has 0 heterocycles. The minimum atomic E-state index is 0.497. The maximum Gasteiger partial charge on any atom is 0.0198 e. The first-order valence-corrected chi connectivity index (χ1v) is 13.0. The number of thiol groups is 3. The van der Waals surface area contributed by atoms with Crippen LogP contribution in [0.5, 0.6) is 0 Å². The van der Waals surface area contributed by atoms with Gasteiger partial charge < -0.3 is 5.73 Å². The van der Waals surface area contributed by atoms with E-state index in [-0.39, 0.29) is 0 Å². The Morgan fingerprint density at radius 2 is 1.10 bits per heavy atom. The second kappa shape index (κ2) is 17.8. The van der Waals surface area contributed by atoms with Gasteiger partial charge in [-0.1, -0.05) is 0 Å². The lowest BCUT2D eigenvalue weighted by Crippen LogP contribution is -2.10. The van der Waals surface area contributed by atoms with Gasteiger partial charge in [-0.3, -0.25) is 0 Å². The van der Waals surface area contributed by atoms with Gasteiger partial charge in [0.2, 0.25) is 0 Å². The first-order chi connectivity index (χ1) is 9.70. The molecule has 0 bridgehead atoms. The molecule has 0 rings (SSSR count). The second-order valence-corrected chi connectivity index (χ2v) is 10.6. The molecule has 0 radical (unpaired) electrons. The topological polar surface area (TPSA) is 26.0 Å². The maximum atomic E-state index is 5.47. The third-order valence-corrected chi connectivity index (χ3v) is 9.17. The lowest BCUT2D eigenvalue weighted by atomic mass is 10.5. The molecule has 2 atom stereocenters. The molecule has 0 amide bonds. The molecule has 20 heavy (non-hydrogen) atoms. The summed E-state index contributed by atoms with van der Waals surface area (Å²) in [7, 11) is 0. The highest BCUT2D eigenvalue weighted by molar-refractivity contribution is 8.04. The van der Waals surface area contributed by atoms with E-state index in [4.69, 9.17) is 5.73 Å². The van der Waals surface area contributed by atoms with Crippen LogP contribution in [0.3, 0.4) is 0 Å². The summed E-state index contributed by atoms with van der Waals surface area (Å²) in [4.78, 5) is 0. The van der Waals surface area contributed by atoms with E-state index in [1.165, 1.54) is 11.5 Å².